The normalized spacial score (nSPS) is 34.3. The summed E-state index contributed by atoms with van der Waals surface area (Å²) < 4.78 is 24.5. The van der Waals surface area contributed by atoms with Crippen LogP contribution in [-0.2, 0) is 10.0 Å². The summed E-state index contributed by atoms with van der Waals surface area (Å²) in [7, 11) is -3.08. The van der Waals surface area contributed by atoms with E-state index < -0.39 is 10.0 Å². The molecule has 0 aromatic carbocycles. The molecule has 2 atom stereocenters. The topological polar surface area (TPSA) is 61.2 Å². The minimum atomic E-state index is -3.08. The summed E-state index contributed by atoms with van der Waals surface area (Å²) in [6.07, 6.45) is 6.17. The van der Waals surface area contributed by atoms with Crippen molar-refractivity contribution >= 4 is 21.8 Å². The van der Waals surface area contributed by atoms with Gasteiger partial charge in [-0.3, -0.25) is 0 Å². The summed E-state index contributed by atoms with van der Waals surface area (Å²) in [5.41, 5.74) is 0. The van der Waals surface area contributed by atoms with Crippen molar-refractivity contribution in [2.75, 3.05) is 25.1 Å². The molecule has 2 aliphatic rings. The third-order valence-corrected chi connectivity index (χ3v) is 6.65. The van der Waals surface area contributed by atoms with Crippen LogP contribution in [0.25, 0.3) is 0 Å². The van der Waals surface area contributed by atoms with Crippen LogP contribution < -0.4 is 0 Å². The molecule has 0 amide bonds. The molecule has 2 saturated heterocycles. The lowest BCUT2D eigenvalue weighted by Crippen LogP contribution is -2.41. The summed E-state index contributed by atoms with van der Waals surface area (Å²) in [6.45, 7) is 1.24. The maximum atomic E-state index is 11.6. The second-order valence-corrected chi connectivity index (χ2v) is 8.85. The van der Waals surface area contributed by atoms with Gasteiger partial charge in [-0.1, -0.05) is 0 Å². The van der Waals surface area contributed by atoms with Crippen molar-refractivity contribution in [3.63, 3.8) is 0 Å². The number of rotatable bonds is 3. The number of sulfonamides is 1. The van der Waals surface area contributed by atoms with Crippen LogP contribution >= 0.6 is 11.8 Å². The van der Waals surface area contributed by atoms with Crippen LogP contribution in [-0.4, -0.2) is 42.6 Å². The summed E-state index contributed by atoms with van der Waals surface area (Å²) in [5.74, 6) is 1.41. The first kappa shape index (κ1) is 14.2. The van der Waals surface area contributed by atoms with Gasteiger partial charge in [0.1, 0.15) is 4.75 Å². The van der Waals surface area contributed by atoms with E-state index in [9.17, 15) is 13.7 Å². The summed E-state index contributed by atoms with van der Waals surface area (Å²) >= 11 is 1.76. The number of nitriles is 1. The Morgan fingerprint density at radius 1 is 1.50 bits per heavy atom. The smallest absolute Gasteiger partial charge is 0.211 e. The van der Waals surface area contributed by atoms with Gasteiger partial charge in [0.2, 0.25) is 10.0 Å². The zero-order valence-electron chi connectivity index (χ0n) is 10.8. The highest BCUT2D eigenvalue weighted by Gasteiger charge is 2.39. The van der Waals surface area contributed by atoms with E-state index in [1.165, 1.54) is 6.26 Å². The Hall–Kier alpha value is -0.250. The second kappa shape index (κ2) is 5.40. The largest absolute Gasteiger partial charge is 0.213 e. The van der Waals surface area contributed by atoms with E-state index in [0.717, 1.165) is 37.9 Å². The average molecular weight is 288 g/mol. The molecule has 0 spiro atoms. The Balaban J connectivity index is 2.00. The molecule has 0 saturated carbocycles. The third-order valence-electron chi connectivity index (χ3n) is 3.88. The van der Waals surface area contributed by atoms with Crippen LogP contribution in [0.15, 0.2) is 0 Å². The van der Waals surface area contributed by atoms with Gasteiger partial charge in [-0.15, -0.1) is 11.8 Å². The van der Waals surface area contributed by atoms with E-state index in [0.29, 0.717) is 19.0 Å². The van der Waals surface area contributed by atoms with Crippen molar-refractivity contribution < 1.29 is 8.42 Å². The minimum absolute atomic E-state index is 0.245. The second-order valence-electron chi connectivity index (χ2n) is 5.39. The molecular formula is C12H20N2O2S2. The summed E-state index contributed by atoms with van der Waals surface area (Å²) in [5, 5.41) is 9.37. The molecule has 102 valence electrons. The molecule has 0 aromatic heterocycles. The van der Waals surface area contributed by atoms with Gasteiger partial charge in [0.25, 0.3) is 0 Å². The molecule has 6 heteroatoms. The van der Waals surface area contributed by atoms with Crippen LogP contribution in [0.1, 0.15) is 32.1 Å². The highest BCUT2D eigenvalue weighted by Crippen LogP contribution is 2.43. The highest BCUT2D eigenvalue weighted by molar-refractivity contribution is 8.01. The third kappa shape index (κ3) is 3.19. The quantitative estimate of drug-likeness (QED) is 0.795. The maximum Gasteiger partial charge on any atom is 0.211 e. The SMILES string of the molecule is CS(=O)(=O)N1CCCC(CC2(C#N)CCCS2)C1. The number of thioether (sulfide) groups is 1. The Bertz CT molecular complexity index is 435. The molecule has 0 aliphatic carbocycles. The first-order valence-corrected chi connectivity index (χ1v) is 9.29. The monoisotopic (exact) mass is 288 g/mol. The molecule has 2 unspecified atom stereocenters. The van der Waals surface area contributed by atoms with Gasteiger partial charge in [-0.2, -0.15) is 5.26 Å². The lowest BCUT2D eigenvalue weighted by molar-refractivity contribution is 0.247. The molecule has 2 heterocycles. The number of piperidine rings is 1. The van der Waals surface area contributed by atoms with Gasteiger partial charge in [0.05, 0.1) is 12.3 Å². The standard InChI is InChI=1S/C12H20N2O2S2/c1-18(15,16)14-6-2-4-11(9-14)8-12(10-13)5-3-7-17-12/h11H,2-9H2,1H3. The van der Waals surface area contributed by atoms with Gasteiger partial charge in [0.15, 0.2) is 0 Å². The molecule has 0 aromatic rings. The Morgan fingerprint density at radius 2 is 2.28 bits per heavy atom. The van der Waals surface area contributed by atoms with E-state index in [1.807, 2.05) is 0 Å². The minimum Gasteiger partial charge on any atom is -0.213 e. The Labute approximate surface area is 114 Å². The van der Waals surface area contributed by atoms with E-state index in [1.54, 1.807) is 16.1 Å². The number of hydrogen-bond acceptors (Lipinski definition) is 4. The van der Waals surface area contributed by atoms with Crippen LogP contribution in [0.4, 0.5) is 0 Å². The van der Waals surface area contributed by atoms with Gasteiger partial charge in [-0.05, 0) is 43.8 Å². The first-order valence-electron chi connectivity index (χ1n) is 6.45. The van der Waals surface area contributed by atoms with E-state index in [4.69, 9.17) is 0 Å². The molecule has 2 fully saturated rings. The fourth-order valence-electron chi connectivity index (χ4n) is 2.95. The molecule has 2 aliphatic heterocycles. The summed E-state index contributed by atoms with van der Waals surface area (Å²) in [6, 6.07) is 2.47. The molecule has 4 nitrogen and oxygen atoms in total. The predicted molar refractivity (Wildman–Crippen MR) is 73.8 cm³/mol. The predicted octanol–water partition coefficient (Wildman–Crippen LogP) is 1.84. The van der Waals surface area contributed by atoms with E-state index in [2.05, 4.69) is 6.07 Å². The number of nitrogens with zero attached hydrogens (tertiary/aromatic N) is 2. The van der Waals surface area contributed by atoms with Crippen molar-refractivity contribution in [3.05, 3.63) is 0 Å². The molecule has 0 radical (unpaired) electrons. The van der Waals surface area contributed by atoms with Crippen molar-refractivity contribution in [1.82, 2.24) is 4.31 Å². The van der Waals surface area contributed by atoms with Crippen LogP contribution in [0.5, 0.6) is 0 Å². The zero-order valence-corrected chi connectivity index (χ0v) is 12.4. The van der Waals surface area contributed by atoms with E-state index >= 15 is 0 Å². The maximum absolute atomic E-state index is 11.6. The van der Waals surface area contributed by atoms with Crippen LogP contribution in [0.3, 0.4) is 0 Å². The molecular weight excluding hydrogens is 268 g/mol. The number of hydrogen-bond donors (Lipinski definition) is 0. The van der Waals surface area contributed by atoms with Gasteiger partial charge in [-0.25, -0.2) is 12.7 Å². The van der Waals surface area contributed by atoms with Crippen LogP contribution in [0, 0.1) is 17.2 Å². The lowest BCUT2D eigenvalue weighted by atomic mass is 9.87. The van der Waals surface area contributed by atoms with Crippen molar-refractivity contribution in [2.45, 2.75) is 36.9 Å². The average Bonchev–Trinajstić information content (AvgIpc) is 2.77. The fraction of sp³-hybridized carbons (Fsp3) is 0.917. The van der Waals surface area contributed by atoms with Gasteiger partial charge in [0, 0.05) is 13.1 Å². The zero-order chi connectivity index (χ0) is 13.2. The lowest BCUT2D eigenvalue weighted by Gasteiger charge is -2.34. The van der Waals surface area contributed by atoms with Crippen LogP contribution in [0.2, 0.25) is 0 Å². The molecule has 18 heavy (non-hydrogen) atoms. The molecule has 0 bridgehead atoms. The first-order chi connectivity index (χ1) is 8.45. The van der Waals surface area contributed by atoms with Crippen molar-refractivity contribution in [2.24, 2.45) is 5.92 Å². The molecule has 2 rings (SSSR count). The van der Waals surface area contributed by atoms with Gasteiger partial charge < -0.3 is 0 Å². The highest BCUT2D eigenvalue weighted by atomic mass is 32.2. The van der Waals surface area contributed by atoms with Crippen molar-refractivity contribution in [3.8, 4) is 6.07 Å². The summed E-state index contributed by atoms with van der Waals surface area (Å²) in [4.78, 5) is 0. The Kier molecular flexibility index (Phi) is 4.25. The fourth-order valence-corrected chi connectivity index (χ4v) is 5.28. The van der Waals surface area contributed by atoms with Gasteiger partial charge >= 0.3 is 0 Å². The Morgan fingerprint density at radius 3 is 2.83 bits per heavy atom. The van der Waals surface area contributed by atoms with E-state index in [-0.39, 0.29) is 4.75 Å². The molecule has 0 N–H and O–H groups in total. The van der Waals surface area contributed by atoms with Crippen molar-refractivity contribution in [1.29, 1.82) is 5.26 Å².